The van der Waals surface area contributed by atoms with Crippen molar-refractivity contribution in [2.24, 2.45) is 0 Å². The summed E-state index contributed by atoms with van der Waals surface area (Å²) in [6, 6.07) is 24.7. The molecule has 3 rings (SSSR count). The molecular weight excluding hydrogens is 430 g/mol. The van der Waals surface area contributed by atoms with Crippen LogP contribution in [-0.4, -0.2) is 38.0 Å². The first-order valence-corrected chi connectivity index (χ1v) is 11.0. The van der Waals surface area contributed by atoms with Crippen LogP contribution in [0.2, 0.25) is 0 Å². The van der Waals surface area contributed by atoms with Crippen molar-refractivity contribution in [3.8, 4) is 0 Å². The average molecular weight is 460 g/mol. The molecule has 0 heterocycles. The van der Waals surface area contributed by atoms with Crippen LogP contribution in [0.1, 0.15) is 35.3 Å². The van der Waals surface area contributed by atoms with E-state index in [0.29, 0.717) is 11.3 Å². The second kappa shape index (κ2) is 11.7. The molecule has 2 unspecified atom stereocenters. The molecule has 2 N–H and O–H groups in total. The molecule has 3 aromatic rings. The molecule has 34 heavy (non-hydrogen) atoms. The first-order chi connectivity index (χ1) is 16.3. The number of carbonyl (C=O) groups is 3. The van der Waals surface area contributed by atoms with Gasteiger partial charge in [-0.1, -0.05) is 48.5 Å². The Balaban J connectivity index is 1.61. The van der Waals surface area contributed by atoms with Gasteiger partial charge in [0.2, 0.25) is 0 Å². The van der Waals surface area contributed by atoms with Crippen LogP contribution in [0.15, 0.2) is 84.9 Å². The number of anilines is 2. The van der Waals surface area contributed by atoms with Crippen LogP contribution < -0.4 is 15.5 Å². The normalized spacial score (nSPS) is 12.2. The van der Waals surface area contributed by atoms with Gasteiger partial charge >= 0.3 is 5.97 Å². The average Bonchev–Trinajstić information content (AvgIpc) is 2.85. The number of carbonyl (C=O) groups excluding carboxylic acids is 3. The number of rotatable bonds is 9. The second-order valence-corrected chi connectivity index (χ2v) is 8.07. The Morgan fingerprint density at radius 1 is 0.853 bits per heavy atom. The van der Waals surface area contributed by atoms with Crippen molar-refractivity contribution in [1.29, 1.82) is 0 Å². The molecule has 0 spiro atoms. The maximum atomic E-state index is 12.7. The van der Waals surface area contributed by atoms with Gasteiger partial charge in [0, 0.05) is 31.0 Å². The monoisotopic (exact) mass is 459 g/mol. The van der Waals surface area contributed by atoms with Crippen molar-refractivity contribution in [2.45, 2.75) is 25.5 Å². The molecule has 0 aliphatic rings. The molecule has 2 amide bonds. The first kappa shape index (κ1) is 24.5. The summed E-state index contributed by atoms with van der Waals surface area (Å²) >= 11 is 0. The lowest BCUT2D eigenvalue weighted by Gasteiger charge is -2.20. The Labute approximate surface area is 199 Å². The largest absolute Gasteiger partial charge is 0.452 e. The molecule has 0 aliphatic carbocycles. The molecule has 176 valence electrons. The third kappa shape index (κ3) is 6.93. The zero-order chi connectivity index (χ0) is 24.5. The van der Waals surface area contributed by atoms with E-state index >= 15 is 0 Å². The summed E-state index contributed by atoms with van der Waals surface area (Å²) in [5, 5.41) is 5.64. The minimum atomic E-state index is -0.998. The van der Waals surface area contributed by atoms with Gasteiger partial charge < -0.3 is 20.3 Å². The van der Waals surface area contributed by atoms with Crippen LogP contribution in [0, 0.1) is 0 Å². The summed E-state index contributed by atoms with van der Waals surface area (Å²) in [5.41, 5.74) is 2.87. The second-order valence-electron chi connectivity index (χ2n) is 8.07. The number of nitrogens with one attached hydrogen (secondary N) is 2. The Kier molecular flexibility index (Phi) is 8.40. The van der Waals surface area contributed by atoms with Crippen LogP contribution in [0.3, 0.4) is 0 Å². The summed E-state index contributed by atoms with van der Waals surface area (Å²) in [7, 11) is 3.86. The van der Waals surface area contributed by atoms with Crippen LogP contribution in [0.4, 0.5) is 11.4 Å². The Hall–Kier alpha value is -4.13. The molecule has 0 bridgehead atoms. The van der Waals surface area contributed by atoms with Gasteiger partial charge in [0.05, 0.1) is 12.5 Å². The van der Waals surface area contributed by atoms with Gasteiger partial charge in [-0.15, -0.1) is 0 Å². The van der Waals surface area contributed by atoms with Crippen molar-refractivity contribution in [3.63, 3.8) is 0 Å². The summed E-state index contributed by atoms with van der Waals surface area (Å²) < 4.78 is 5.38. The number of amides is 2. The van der Waals surface area contributed by atoms with Crippen LogP contribution in [0.25, 0.3) is 0 Å². The minimum Gasteiger partial charge on any atom is -0.452 e. The number of benzene rings is 3. The molecule has 0 fully saturated rings. The molecule has 0 saturated carbocycles. The maximum absolute atomic E-state index is 12.7. The van der Waals surface area contributed by atoms with Crippen LogP contribution in [0.5, 0.6) is 0 Å². The van der Waals surface area contributed by atoms with E-state index < -0.39 is 24.0 Å². The summed E-state index contributed by atoms with van der Waals surface area (Å²) in [5.74, 6) is -1.32. The Morgan fingerprint density at radius 3 is 2.03 bits per heavy atom. The minimum absolute atomic E-state index is 0.113. The first-order valence-electron chi connectivity index (χ1n) is 11.0. The molecule has 2 atom stereocenters. The van der Waals surface area contributed by atoms with Gasteiger partial charge in [0.1, 0.15) is 0 Å². The quantitative estimate of drug-likeness (QED) is 0.469. The van der Waals surface area contributed by atoms with Gasteiger partial charge in [-0.25, -0.2) is 0 Å². The lowest BCUT2D eigenvalue weighted by Crippen LogP contribution is -2.33. The fraction of sp³-hybridized carbons (Fsp3) is 0.222. The Bertz CT molecular complexity index is 1100. The molecule has 0 aliphatic heterocycles. The molecule has 7 heteroatoms. The number of esters is 1. The zero-order valence-corrected chi connectivity index (χ0v) is 19.5. The predicted molar refractivity (Wildman–Crippen MR) is 133 cm³/mol. The van der Waals surface area contributed by atoms with Crippen molar-refractivity contribution >= 4 is 29.2 Å². The van der Waals surface area contributed by atoms with Gasteiger partial charge in [-0.2, -0.15) is 0 Å². The lowest BCUT2D eigenvalue weighted by molar-refractivity contribution is -0.153. The Morgan fingerprint density at radius 2 is 1.44 bits per heavy atom. The van der Waals surface area contributed by atoms with Crippen LogP contribution in [-0.2, 0) is 14.3 Å². The van der Waals surface area contributed by atoms with E-state index in [9.17, 15) is 14.4 Å². The van der Waals surface area contributed by atoms with Crippen LogP contribution >= 0.6 is 0 Å². The van der Waals surface area contributed by atoms with Gasteiger partial charge in [0.25, 0.3) is 11.8 Å². The highest BCUT2D eigenvalue weighted by Crippen LogP contribution is 2.19. The van der Waals surface area contributed by atoms with E-state index in [4.69, 9.17) is 4.74 Å². The van der Waals surface area contributed by atoms with E-state index in [0.717, 1.165) is 11.3 Å². The standard InChI is InChI=1S/C27H29N3O4/c1-19(26(32)28-22-14-16-23(17-15-22)30(2)3)34-25(31)18-24(20-10-6-4-7-11-20)29-27(33)21-12-8-5-9-13-21/h4-17,19,24H,18H2,1-3H3,(H,28,32)(H,29,33). The van der Waals surface area contributed by atoms with E-state index in [2.05, 4.69) is 10.6 Å². The topological polar surface area (TPSA) is 87.7 Å². The van der Waals surface area contributed by atoms with Crippen molar-refractivity contribution < 1.29 is 19.1 Å². The summed E-state index contributed by atoms with van der Waals surface area (Å²) in [6.45, 7) is 1.52. The smallest absolute Gasteiger partial charge is 0.309 e. The van der Waals surface area contributed by atoms with Crippen molar-refractivity contribution in [3.05, 3.63) is 96.1 Å². The van der Waals surface area contributed by atoms with E-state index in [-0.39, 0.29) is 12.3 Å². The number of hydrogen-bond acceptors (Lipinski definition) is 5. The highest BCUT2D eigenvalue weighted by molar-refractivity contribution is 5.96. The number of ether oxygens (including phenoxy) is 1. The van der Waals surface area contributed by atoms with E-state index in [1.807, 2.05) is 67.5 Å². The number of nitrogens with zero attached hydrogens (tertiary/aromatic N) is 1. The van der Waals surface area contributed by atoms with E-state index in [1.165, 1.54) is 6.92 Å². The summed E-state index contributed by atoms with van der Waals surface area (Å²) in [4.78, 5) is 39.8. The third-order valence-corrected chi connectivity index (χ3v) is 5.24. The highest BCUT2D eigenvalue weighted by Gasteiger charge is 2.23. The predicted octanol–water partition coefficient (Wildman–Crippen LogP) is 4.18. The van der Waals surface area contributed by atoms with Crippen molar-refractivity contribution in [1.82, 2.24) is 5.32 Å². The zero-order valence-electron chi connectivity index (χ0n) is 19.5. The van der Waals surface area contributed by atoms with E-state index in [1.54, 1.807) is 36.4 Å². The number of hydrogen-bond donors (Lipinski definition) is 2. The fourth-order valence-corrected chi connectivity index (χ4v) is 3.32. The SMILES string of the molecule is CC(OC(=O)CC(NC(=O)c1ccccc1)c1ccccc1)C(=O)Nc1ccc(N(C)C)cc1. The highest BCUT2D eigenvalue weighted by atomic mass is 16.5. The molecule has 0 radical (unpaired) electrons. The fourth-order valence-electron chi connectivity index (χ4n) is 3.32. The molecule has 0 saturated heterocycles. The summed E-state index contributed by atoms with van der Waals surface area (Å²) in [6.07, 6.45) is -1.11. The van der Waals surface area contributed by atoms with Gasteiger partial charge in [-0.3, -0.25) is 14.4 Å². The maximum Gasteiger partial charge on any atom is 0.309 e. The molecule has 0 aromatic heterocycles. The van der Waals surface area contributed by atoms with Crippen molar-refractivity contribution in [2.75, 3.05) is 24.3 Å². The molecule has 7 nitrogen and oxygen atoms in total. The van der Waals surface area contributed by atoms with Gasteiger partial charge in [-0.05, 0) is 48.9 Å². The lowest BCUT2D eigenvalue weighted by atomic mass is 10.0. The third-order valence-electron chi connectivity index (χ3n) is 5.24. The molecular formula is C27H29N3O4. The molecule has 3 aromatic carbocycles. The van der Waals surface area contributed by atoms with Gasteiger partial charge in [0.15, 0.2) is 6.10 Å².